The number of nitrogens with zero attached hydrogens (tertiary/aromatic N) is 3. The van der Waals surface area contributed by atoms with Crippen molar-refractivity contribution in [3.8, 4) is 5.75 Å². The van der Waals surface area contributed by atoms with Crippen LogP contribution in [0.25, 0.3) is 10.9 Å². The molecular weight excluding hydrogens is 483 g/mol. The van der Waals surface area contributed by atoms with Gasteiger partial charge in [0, 0.05) is 35.6 Å². The van der Waals surface area contributed by atoms with Crippen LogP contribution in [0.1, 0.15) is 50.1 Å². The SMILES string of the molecule is CC(C)N(C)CCCN1C(=O)N2C(c3cccc(O)c3)c3[nH]c4cc(F)c(Cl)cc4c3CC2(C)C1=O. The highest BCUT2D eigenvalue weighted by Gasteiger charge is 2.60. The Kier molecular flexibility index (Phi) is 6.00. The molecule has 2 aromatic carbocycles. The van der Waals surface area contributed by atoms with Gasteiger partial charge in [-0.25, -0.2) is 9.18 Å². The molecule has 3 amide bonds. The molecule has 2 aliphatic rings. The summed E-state index contributed by atoms with van der Waals surface area (Å²) in [5.41, 5.74) is 1.58. The van der Waals surface area contributed by atoms with Crippen molar-refractivity contribution in [1.29, 1.82) is 0 Å². The Morgan fingerprint density at radius 1 is 1.28 bits per heavy atom. The summed E-state index contributed by atoms with van der Waals surface area (Å²) in [4.78, 5) is 36.1. The van der Waals surface area contributed by atoms with Crippen molar-refractivity contribution in [2.75, 3.05) is 20.1 Å². The Balaban J connectivity index is 1.61. The van der Waals surface area contributed by atoms with Crippen molar-refractivity contribution in [3.63, 3.8) is 0 Å². The summed E-state index contributed by atoms with van der Waals surface area (Å²) in [6.07, 6.45) is 0.933. The number of fused-ring (bicyclic) bond motifs is 4. The molecule has 1 fully saturated rings. The van der Waals surface area contributed by atoms with Gasteiger partial charge in [0.05, 0.1) is 5.02 Å². The van der Waals surface area contributed by atoms with Gasteiger partial charge in [-0.1, -0.05) is 23.7 Å². The van der Waals surface area contributed by atoms with E-state index in [1.54, 1.807) is 36.1 Å². The Morgan fingerprint density at radius 3 is 2.72 bits per heavy atom. The molecule has 1 saturated heterocycles. The number of halogens is 2. The fourth-order valence-electron chi connectivity index (χ4n) is 5.48. The molecule has 2 N–H and O–H groups in total. The predicted molar refractivity (Wildman–Crippen MR) is 137 cm³/mol. The van der Waals surface area contributed by atoms with Crippen molar-refractivity contribution >= 4 is 34.4 Å². The van der Waals surface area contributed by atoms with Gasteiger partial charge in [-0.3, -0.25) is 14.6 Å². The van der Waals surface area contributed by atoms with E-state index in [-0.39, 0.29) is 29.1 Å². The normalized spacial score (nSPS) is 21.7. The number of benzene rings is 2. The quantitative estimate of drug-likeness (QED) is 0.452. The van der Waals surface area contributed by atoms with Crippen LogP contribution in [0.2, 0.25) is 5.02 Å². The van der Waals surface area contributed by atoms with Crippen LogP contribution in [-0.4, -0.2) is 68.4 Å². The third-order valence-electron chi connectivity index (χ3n) is 7.67. The number of nitrogens with one attached hydrogen (secondary N) is 1. The van der Waals surface area contributed by atoms with Gasteiger partial charge in [-0.2, -0.15) is 0 Å². The molecule has 2 atom stereocenters. The van der Waals surface area contributed by atoms with E-state index in [1.807, 2.05) is 13.1 Å². The van der Waals surface area contributed by atoms with Crippen LogP contribution >= 0.6 is 11.6 Å². The topological polar surface area (TPSA) is 79.9 Å². The second kappa shape index (κ2) is 8.78. The summed E-state index contributed by atoms with van der Waals surface area (Å²) >= 11 is 6.12. The molecule has 5 rings (SSSR count). The molecule has 0 radical (unpaired) electrons. The monoisotopic (exact) mass is 512 g/mol. The highest BCUT2D eigenvalue weighted by molar-refractivity contribution is 6.31. The molecule has 0 aliphatic carbocycles. The number of amides is 3. The maximum atomic E-state index is 14.3. The Hall–Kier alpha value is -3.10. The fraction of sp³-hybridized carbons (Fsp3) is 0.407. The highest BCUT2D eigenvalue weighted by Crippen LogP contribution is 2.49. The van der Waals surface area contributed by atoms with Gasteiger partial charge in [0.25, 0.3) is 5.91 Å². The number of rotatable bonds is 6. The standard InChI is InChI=1S/C27H30ClFN4O3/c1-15(2)31(4)9-6-10-32-25(35)27(3)14-19-18-12-20(28)21(29)13-22(18)30-23(19)24(33(27)26(32)36)16-7-5-8-17(34)11-16/h5,7-8,11-13,15,24,30,34H,6,9-10,14H2,1-4H3. The fourth-order valence-corrected chi connectivity index (χ4v) is 5.65. The van der Waals surface area contributed by atoms with Crippen LogP contribution in [-0.2, 0) is 11.2 Å². The summed E-state index contributed by atoms with van der Waals surface area (Å²) in [6.45, 7) is 7.07. The Bertz CT molecular complexity index is 1370. The Morgan fingerprint density at radius 2 is 2.03 bits per heavy atom. The zero-order chi connectivity index (χ0) is 25.9. The van der Waals surface area contributed by atoms with Gasteiger partial charge in [-0.15, -0.1) is 0 Å². The molecule has 190 valence electrons. The molecule has 7 nitrogen and oxygen atoms in total. The number of carbonyl (C=O) groups excluding carboxylic acids is 2. The molecule has 0 bridgehead atoms. The first-order valence-electron chi connectivity index (χ1n) is 12.2. The van der Waals surface area contributed by atoms with Gasteiger partial charge in [0.1, 0.15) is 23.1 Å². The average molecular weight is 513 g/mol. The number of hydrogen-bond donors (Lipinski definition) is 2. The van der Waals surface area contributed by atoms with E-state index in [0.29, 0.717) is 35.8 Å². The molecule has 36 heavy (non-hydrogen) atoms. The second-order valence-electron chi connectivity index (χ2n) is 10.3. The number of imide groups is 1. The molecular formula is C27H30ClFN4O3. The van der Waals surface area contributed by atoms with Gasteiger partial charge in [0.2, 0.25) is 0 Å². The first kappa shape index (κ1) is 24.6. The maximum absolute atomic E-state index is 14.3. The van der Waals surface area contributed by atoms with E-state index in [9.17, 15) is 19.1 Å². The molecule has 3 aromatic rings. The number of hydrogen-bond acceptors (Lipinski definition) is 4. The third kappa shape index (κ3) is 3.74. The minimum Gasteiger partial charge on any atom is -0.508 e. The summed E-state index contributed by atoms with van der Waals surface area (Å²) in [5, 5.41) is 10.9. The van der Waals surface area contributed by atoms with E-state index in [1.165, 1.54) is 11.0 Å². The van der Waals surface area contributed by atoms with Gasteiger partial charge in [-0.05, 0) is 76.2 Å². The lowest BCUT2D eigenvalue weighted by molar-refractivity contribution is -0.133. The molecule has 1 aromatic heterocycles. The van der Waals surface area contributed by atoms with Crippen LogP contribution in [0.3, 0.4) is 0 Å². The molecule has 2 aliphatic heterocycles. The summed E-state index contributed by atoms with van der Waals surface area (Å²) < 4.78 is 14.3. The van der Waals surface area contributed by atoms with Crippen molar-refractivity contribution in [2.45, 2.75) is 51.2 Å². The zero-order valence-corrected chi connectivity index (χ0v) is 21.6. The van der Waals surface area contributed by atoms with Gasteiger partial charge < -0.3 is 15.0 Å². The number of carbonyl (C=O) groups is 2. The number of aromatic nitrogens is 1. The minimum atomic E-state index is -1.14. The summed E-state index contributed by atoms with van der Waals surface area (Å²) in [6, 6.07) is 8.91. The van der Waals surface area contributed by atoms with Gasteiger partial charge >= 0.3 is 6.03 Å². The lowest BCUT2D eigenvalue weighted by atomic mass is 9.81. The minimum absolute atomic E-state index is 0.00416. The van der Waals surface area contributed by atoms with Crippen molar-refractivity contribution in [2.24, 2.45) is 0 Å². The maximum Gasteiger partial charge on any atom is 0.328 e. The van der Waals surface area contributed by atoms with Crippen molar-refractivity contribution < 1.29 is 19.1 Å². The van der Waals surface area contributed by atoms with Crippen LogP contribution in [0.4, 0.5) is 9.18 Å². The van der Waals surface area contributed by atoms with Gasteiger partial charge in [0.15, 0.2) is 0 Å². The second-order valence-corrected chi connectivity index (χ2v) is 10.7. The average Bonchev–Trinajstić information content (AvgIpc) is 3.24. The van der Waals surface area contributed by atoms with Crippen LogP contribution in [0, 0.1) is 5.82 Å². The number of aromatic hydroxyl groups is 1. The third-order valence-corrected chi connectivity index (χ3v) is 7.96. The van der Waals surface area contributed by atoms with Crippen LogP contribution < -0.4 is 0 Å². The summed E-state index contributed by atoms with van der Waals surface area (Å²) in [7, 11) is 2.02. The van der Waals surface area contributed by atoms with Crippen LogP contribution in [0.15, 0.2) is 36.4 Å². The summed E-state index contributed by atoms with van der Waals surface area (Å²) in [5.74, 6) is -0.746. The molecule has 0 saturated carbocycles. The first-order chi connectivity index (χ1) is 17.0. The van der Waals surface area contributed by atoms with Crippen LogP contribution in [0.5, 0.6) is 5.75 Å². The molecule has 9 heteroatoms. The number of phenols is 1. The number of urea groups is 1. The Labute approximate surface area is 214 Å². The first-order valence-corrected chi connectivity index (χ1v) is 12.5. The number of aromatic amines is 1. The van der Waals surface area contributed by atoms with Crippen molar-refractivity contribution in [3.05, 3.63) is 64.1 Å². The van der Waals surface area contributed by atoms with E-state index in [2.05, 4.69) is 23.7 Å². The number of phenolic OH excluding ortho intramolecular Hbond substituents is 1. The largest absolute Gasteiger partial charge is 0.508 e. The molecule has 0 spiro atoms. The lowest BCUT2D eigenvalue weighted by Crippen LogP contribution is -2.53. The molecule has 2 unspecified atom stereocenters. The van der Waals surface area contributed by atoms with E-state index in [4.69, 9.17) is 11.6 Å². The number of H-pyrrole nitrogens is 1. The predicted octanol–water partition coefficient (Wildman–Crippen LogP) is 5.06. The zero-order valence-electron chi connectivity index (χ0n) is 20.8. The smallest absolute Gasteiger partial charge is 0.328 e. The highest BCUT2D eigenvalue weighted by atomic mass is 35.5. The van der Waals surface area contributed by atoms with Crippen molar-refractivity contribution in [1.82, 2.24) is 19.7 Å². The van der Waals surface area contributed by atoms with E-state index in [0.717, 1.165) is 17.5 Å². The van der Waals surface area contributed by atoms with E-state index >= 15 is 0 Å². The lowest BCUT2D eigenvalue weighted by Gasteiger charge is -2.42. The molecule has 3 heterocycles. The van der Waals surface area contributed by atoms with E-state index < -0.39 is 17.4 Å².